The summed E-state index contributed by atoms with van der Waals surface area (Å²) in [5, 5.41) is 22.0. The maximum Gasteiger partial charge on any atom is 0.151 e. The van der Waals surface area contributed by atoms with E-state index in [0.29, 0.717) is 5.69 Å². The van der Waals surface area contributed by atoms with Crippen LogP contribution in [0.5, 0.6) is 5.75 Å². The van der Waals surface area contributed by atoms with Gasteiger partial charge in [-0.15, -0.1) is 0 Å². The van der Waals surface area contributed by atoms with Crippen LogP contribution in [0, 0.1) is 0 Å². The molecular weight excluding hydrogens is 272 g/mol. The number of hydrogen-bond donors (Lipinski definition) is 1. The molecule has 0 aromatic heterocycles. The van der Waals surface area contributed by atoms with Gasteiger partial charge in [0.15, 0.2) is 5.75 Å². The Bertz CT molecular complexity index is 764. The molecule has 3 aromatic carbocycles. The lowest BCUT2D eigenvalue weighted by Crippen LogP contribution is -1.80. The lowest BCUT2D eigenvalue weighted by Gasteiger charge is -2.09. The Hall–Kier alpha value is -2.42. The molecule has 0 spiro atoms. The molecule has 0 amide bonds. The second-order valence-electron chi connectivity index (χ2n) is 4.09. The summed E-state index contributed by atoms with van der Waals surface area (Å²) in [5.41, 5.74) is 0.534. The maximum absolute atomic E-state index is 10.3. The molecule has 0 heterocycles. The Balaban J connectivity index is 0.000000561. The average molecular weight is 296 g/mol. The molecule has 1 N–H and O–H groups in total. The normalized spacial score (nSPS) is 10.0. The highest BCUT2D eigenvalue weighted by molar-refractivity contribution is 6.15. The summed E-state index contributed by atoms with van der Waals surface area (Å²) >= 11 is 0. The van der Waals surface area contributed by atoms with Crippen LogP contribution in [0.4, 0.5) is 5.69 Å². The lowest BCUT2D eigenvalue weighted by molar-refractivity contribution is 0.483. The maximum atomic E-state index is 10.3. The molecule has 0 aliphatic rings. The van der Waals surface area contributed by atoms with E-state index in [1.165, 1.54) is 0 Å². The van der Waals surface area contributed by atoms with Gasteiger partial charge in [0, 0.05) is 17.8 Å². The fourth-order valence-electron chi connectivity index (χ4n) is 2.31. The third kappa shape index (κ3) is 3.25. The number of phenols is 1. The Morgan fingerprint density at radius 3 is 1.59 bits per heavy atom. The summed E-state index contributed by atoms with van der Waals surface area (Å²) < 4.78 is 0. The first-order valence-electron chi connectivity index (χ1n) is 7.75. The van der Waals surface area contributed by atoms with Gasteiger partial charge in [0.2, 0.25) is 0 Å². The monoisotopic (exact) mass is 296 g/mol. The highest BCUT2D eigenvalue weighted by atomic mass is 16.3. The largest absolute Gasteiger partial charge is 0.505 e. The first-order valence-corrected chi connectivity index (χ1v) is 7.75. The van der Waals surface area contributed by atoms with E-state index in [1.54, 1.807) is 7.05 Å². The molecule has 0 aliphatic carbocycles. The van der Waals surface area contributed by atoms with Crippen molar-refractivity contribution < 1.29 is 5.11 Å². The van der Waals surface area contributed by atoms with E-state index in [4.69, 9.17) is 0 Å². The minimum absolute atomic E-state index is 0.190. The second-order valence-corrected chi connectivity index (χ2v) is 4.09. The number of phenolic OH excluding ortho intramolecular Hbond substituents is 1. The predicted molar refractivity (Wildman–Crippen MR) is 96.3 cm³/mol. The predicted octanol–water partition coefficient (Wildman–Crippen LogP) is 6.46. The van der Waals surface area contributed by atoms with Crippen LogP contribution < -0.4 is 0 Å². The third-order valence-corrected chi connectivity index (χ3v) is 3.08. The van der Waals surface area contributed by atoms with Gasteiger partial charge < -0.3 is 5.11 Å². The van der Waals surface area contributed by atoms with Gasteiger partial charge in [-0.1, -0.05) is 76.2 Å². The van der Waals surface area contributed by atoms with Crippen molar-refractivity contribution in [3.8, 4) is 5.75 Å². The SMILES string of the molecule is CC.CC.CN=Nc1c(O)c2ccccc2c2ccccc12. The van der Waals surface area contributed by atoms with Crippen molar-refractivity contribution in [2.24, 2.45) is 10.2 Å². The van der Waals surface area contributed by atoms with Crippen molar-refractivity contribution in [1.29, 1.82) is 0 Å². The molecule has 0 unspecified atom stereocenters. The molecule has 0 saturated heterocycles. The third-order valence-electron chi connectivity index (χ3n) is 3.08. The van der Waals surface area contributed by atoms with Crippen molar-refractivity contribution in [3.05, 3.63) is 48.5 Å². The Morgan fingerprint density at radius 1 is 0.682 bits per heavy atom. The molecule has 22 heavy (non-hydrogen) atoms. The summed E-state index contributed by atoms with van der Waals surface area (Å²) in [6, 6.07) is 15.7. The molecular formula is C19H24N2O. The number of aromatic hydroxyl groups is 1. The van der Waals surface area contributed by atoms with Crippen LogP contribution in [0.1, 0.15) is 27.7 Å². The minimum Gasteiger partial charge on any atom is -0.505 e. The molecule has 3 aromatic rings. The number of nitrogens with zero attached hydrogens (tertiary/aromatic N) is 2. The van der Waals surface area contributed by atoms with E-state index in [9.17, 15) is 5.11 Å². The first kappa shape index (κ1) is 17.6. The van der Waals surface area contributed by atoms with Crippen LogP contribution in [0.3, 0.4) is 0 Å². The minimum atomic E-state index is 0.190. The lowest BCUT2D eigenvalue weighted by atomic mass is 9.99. The fraction of sp³-hybridized carbons (Fsp3) is 0.263. The summed E-state index contributed by atoms with van der Waals surface area (Å²) in [4.78, 5) is 0. The van der Waals surface area contributed by atoms with Crippen molar-refractivity contribution in [3.63, 3.8) is 0 Å². The molecule has 116 valence electrons. The number of rotatable bonds is 1. The molecule has 0 saturated carbocycles. The highest BCUT2D eigenvalue weighted by Crippen LogP contribution is 2.42. The zero-order chi connectivity index (χ0) is 16.5. The highest BCUT2D eigenvalue weighted by Gasteiger charge is 2.12. The van der Waals surface area contributed by atoms with E-state index in [2.05, 4.69) is 10.2 Å². The van der Waals surface area contributed by atoms with E-state index in [-0.39, 0.29) is 5.75 Å². The summed E-state index contributed by atoms with van der Waals surface area (Å²) in [6.45, 7) is 8.00. The Labute approximate surface area is 132 Å². The van der Waals surface area contributed by atoms with Crippen molar-refractivity contribution in [2.75, 3.05) is 7.05 Å². The van der Waals surface area contributed by atoms with Gasteiger partial charge in [0.25, 0.3) is 0 Å². The smallest absolute Gasteiger partial charge is 0.151 e. The van der Waals surface area contributed by atoms with Crippen molar-refractivity contribution >= 4 is 27.2 Å². The molecule has 0 aliphatic heterocycles. The molecule has 3 nitrogen and oxygen atoms in total. The summed E-state index contributed by atoms with van der Waals surface area (Å²) in [6.07, 6.45) is 0. The van der Waals surface area contributed by atoms with Gasteiger partial charge in [-0.3, -0.25) is 0 Å². The van der Waals surface area contributed by atoms with Gasteiger partial charge in [-0.05, 0) is 10.8 Å². The van der Waals surface area contributed by atoms with Crippen molar-refractivity contribution in [2.45, 2.75) is 27.7 Å². The van der Waals surface area contributed by atoms with Crippen LogP contribution in [0.15, 0.2) is 58.8 Å². The summed E-state index contributed by atoms with van der Waals surface area (Å²) in [5.74, 6) is 0.190. The van der Waals surface area contributed by atoms with E-state index in [0.717, 1.165) is 21.5 Å². The van der Waals surface area contributed by atoms with E-state index >= 15 is 0 Å². The quantitative estimate of drug-likeness (QED) is 0.406. The van der Waals surface area contributed by atoms with Gasteiger partial charge in [0.05, 0.1) is 0 Å². The van der Waals surface area contributed by atoms with Gasteiger partial charge in [-0.2, -0.15) is 10.2 Å². The topological polar surface area (TPSA) is 45.0 Å². The molecule has 3 heteroatoms. The number of hydrogen-bond acceptors (Lipinski definition) is 3. The Kier molecular flexibility index (Phi) is 7.03. The molecule has 3 rings (SSSR count). The standard InChI is InChI=1S/C15H12N2O.2C2H6/c1-16-17-14-12-8-4-2-6-10(12)11-7-3-5-9-13(11)15(14)18;2*1-2/h2-9,18H,1H3;2*1-2H3. The molecule has 0 fully saturated rings. The van der Waals surface area contributed by atoms with Gasteiger partial charge in [0.1, 0.15) is 5.69 Å². The average Bonchev–Trinajstić information content (AvgIpc) is 2.62. The number of benzene rings is 3. The van der Waals surface area contributed by atoms with Crippen LogP contribution in [0.25, 0.3) is 21.5 Å². The van der Waals surface area contributed by atoms with Crippen LogP contribution >= 0.6 is 0 Å². The zero-order valence-electron chi connectivity index (χ0n) is 14.0. The van der Waals surface area contributed by atoms with Crippen LogP contribution in [-0.2, 0) is 0 Å². The molecule has 0 radical (unpaired) electrons. The summed E-state index contributed by atoms with van der Waals surface area (Å²) in [7, 11) is 1.60. The second kappa shape index (κ2) is 8.78. The van der Waals surface area contributed by atoms with E-state index < -0.39 is 0 Å². The van der Waals surface area contributed by atoms with Gasteiger partial charge in [-0.25, -0.2) is 0 Å². The van der Waals surface area contributed by atoms with Crippen molar-refractivity contribution in [1.82, 2.24) is 0 Å². The zero-order valence-corrected chi connectivity index (χ0v) is 14.0. The van der Waals surface area contributed by atoms with Gasteiger partial charge >= 0.3 is 0 Å². The molecule has 0 bridgehead atoms. The Morgan fingerprint density at radius 2 is 1.09 bits per heavy atom. The van der Waals surface area contributed by atoms with Crippen LogP contribution in [-0.4, -0.2) is 12.2 Å². The molecule has 0 atom stereocenters. The van der Waals surface area contributed by atoms with Crippen LogP contribution in [0.2, 0.25) is 0 Å². The van der Waals surface area contributed by atoms with E-state index in [1.807, 2.05) is 76.2 Å². The number of fused-ring (bicyclic) bond motifs is 3. The number of azo groups is 1. The first-order chi connectivity index (χ1) is 10.8. The fourth-order valence-corrected chi connectivity index (χ4v) is 2.31.